The van der Waals surface area contributed by atoms with E-state index in [4.69, 9.17) is 5.11 Å². The van der Waals surface area contributed by atoms with E-state index in [1.807, 2.05) is 0 Å². The maximum atomic E-state index is 11.2. The van der Waals surface area contributed by atoms with Crippen LogP contribution in [0.2, 0.25) is 0 Å². The van der Waals surface area contributed by atoms with Crippen LogP contribution >= 0.6 is 0 Å². The number of hydrogen-bond acceptors (Lipinski definition) is 4. The highest BCUT2D eigenvalue weighted by Crippen LogP contribution is 2.24. The van der Waals surface area contributed by atoms with Crippen LogP contribution in [0.5, 0.6) is 5.75 Å². The van der Waals surface area contributed by atoms with E-state index < -0.39 is 10.8 Å². The average molecular weight is 227 g/mol. The Bertz CT molecular complexity index is 404. The molecule has 1 aromatic rings. The Balaban J connectivity index is 3.13. The van der Waals surface area contributed by atoms with Gasteiger partial charge in [-0.15, -0.1) is 0 Å². The normalized spacial score (nSPS) is 12.4. The fraction of sp³-hybridized carbons (Fsp3) is 0.300. The Kier molecular flexibility index (Phi) is 3.99. The number of nitrogens with zero attached hydrogens (tertiary/aromatic N) is 1. The molecule has 0 aliphatic rings. The summed E-state index contributed by atoms with van der Waals surface area (Å²) >= 11 is 0. The molecule has 0 fully saturated rings. The summed E-state index contributed by atoms with van der Waals surface area (Å²) < 4.78 is 11.2. The van der Waals surface area contributed by atoms with Gasteiger partial charge in [-0.3, -0.25) is 9.19 Å². The molecule has 0 spiro atoms. The van der Waals surface area contributed by atoms with Gasteiger partial charge in [0.25, 0.3) is 0 Å². The molecule has 2 N–H and O–H groups in total. The highest BCUT2D eigenvalue weighted by molar-refractivity contribution is 7.87. The van der Waals surface area contributed by atoms with E-state index in [-0.39, 0.29) is 18.1 Å². The lowest BCUT2D eigenvalue weighted by atomic mass is 10.1. The van der Waals surface area contributed by atoms with Crippen molar-refractivity contribution in [3.63, 3.8) is 0 Å². The summed E-state index contributed by atoms with van der Waals surface area (Å²) in [6.07, 6.45) is 1.52. The molecule has 1 atom stereocenters. The highest BCUT2D eigenvalue weighted by atomic mass is 32.2. The van der Waals surface area contributed by atoms with Gasteiger partial charge >= 0.3 is 0 Å². The molecule has 4 nitrogen and oxygen atoms in total. The van der Waals surface area contributed by atoms with Gasteiger partial charge in [0.05, 0.1) is 18.1 Å². The third-order valence-corrected chi connectivity index (χ3v) is 3.04. The van der Waals surface area contributed by atoms with Gasteiger partial charge in [-0.25, -0.2) is 0 Å². The predicted octanol–water partition coefficient (Wildman–Crippen LogP) is 0.980. The number of aromatic hydroxyl groups is 1. The number of aliphatic hydroxyl groups excluding tert-OH is 1. The first-order chi connectivity index (χ1) is 7.10. The second-order valence-electron chi connectivity index (χ2n) is 3.05. The zero-order valence-electron chi connectivity index (χ0n) is 8.43. The summed E-state index contributed by atoms with van der Waals surface area (Å²) in [6, 6.07) is 0. The third kappa shape index (κ3) is 2.64. The number of aryl methyl sites for hydroxylation is 1. The van der Waals surface area contributed by atoms with Crippen LogP contribution in [0.15, 0.2) is 18.2 Å². The molecule has 1 rings (SSSR count). The van der Waals surface area contributed by atoms with E-state index in [0.29, 0.717) is 16.8 Å². The molecule has 82 valence electrons. The standard InChI is InChI=1S/C10H13NO3S/c1-3-15(14)6-8-4-11-7(2)10(13)9(8)5-12/h3-4,12-13H,1,5-6H2,2H3. The molecule has 1 heterocycles. The first-order valence-corrected chi connectivity index (χ1v) is 5.75. The summed E-state index contributed by atoms with van der Waals surface area (Å²) in [6.45, 7) is 4.76. The van der Waals surface area contributed by atoms with Crippen molar-refractivity contribution in [2.75, 3.05) is 0 Å². The Morgan fingerprint density at radius 3 is 2.87 bits per heavy atom. The van der Waals surface area contributed by atoms with Crippen molar-refractivity contribution in [2.45, 2.75) is 19.3 Å². The largest absolute Gasteiger partial charge is 0.506 e. The van der Waals surface area contributed by atoms with Crippen molar-refractivity contribution in [3.05, 3.63) is 35.0 Å². The molecule has 0 radical (unpaired) electrons. The Morgan fingerprint density at radius 1 is 1.67 bits per heavy atom. The first kappa shape index (κ1) is 11.9. The van der Waals surface area contributed by atoms with Crippen LogP contribution in [0.25, 0.3) is 0 Å². The van der Waals surface area contributed by atoms with Gasteiger partial charge in [0.15, 0.2) is 0 Å². The molecular formula is C10H13NO3S. The molecule has 5 heteroatoms. The number of hydrogen-bond donors (Lipinski definition) is 2. The maximum absolute atomic E-state index is 11.2. The van der Waals surface area contributed by atoms with Crippen LogP contribution in [0.1, 0.15) is 16.8 Å². The van der Waals surface area contributed by atoms with Gasteiger partial charge in [0.2, 0.25) is 0 Å². The van der Waals surface area contributed by atoms with Gasteiger partial charge in [-0.05, 0) is 17.9 Å². The third-order valence-electron chi connectivity index (χ3n) is 2.07. The second-order valence-corrected chi connectivity index (χ2v) is 4.43. The fourth-order valence-corrected chi connectivity index (χ4v) is 1.87. The zero-order chi connectivity index (χ0) is 11.4. The minimum atomic E-state index is -1.20. The van der Waals surface area contributed by atoms with Crippen molar-refractivity contribution in [1.82, 2.24) is 4.98 Å². The van der Waals surface area contributed by atoms with Gasteiger partial charge in [-0.2, -0.15) is 0 Å². The molecule has 0 aromatic carbocycles. The minimum absolute atomic E-state index is 0.0314. The van der Waals surface area contributed by atoms with Gasteiger partial charge in [0.1, 0.15) is 5.75 Å². The average Bonchev–Trinajstić information content (AvgIpc) is 2.24. The maximum Gasteiger partial charge on any atom is 0.142 e. The van der Waals surface area contributed by atoms with Crippen molar-refractivity contribution in [2.24, 2.45) is 0 Å². The number of pyridine rings is 1. The van der Waals surface area contributed by atoms with E-state index >= 15 is 0 Å². The fourth-order valence-electron chi connectivity index (χ4n) is 1.20. The molecular weight excluding hydrogens is 214 g/mol. The summed E-state index contributed by atoms with van der Waals surface area (Å²) in [5, 5.41) is 20.0. The number of aliphatic hydroxyl groups is 1. The highest BCUT2D eigenvalue weighted by Gasteiger charge is 2.11. The van der Waals surface area contributed by atoms with Crippen molar-refractivity contribution < 1.29 is 14.4 Å². The van der Waals surface area contributed by atoms with Gasteiger partial charge < -0.3 is 10.2 Å². The van der Waals surface area contributed by atoms with Crippen LogP contribution in [0.3, 0.4) is 0 Å². The topological polar surface area (TPSA) is 70.4 Å². The van der Waals surface area contributed by atoms with E-state index in [1.54, 1.807) is 6.92 Å². The van der Waals surface area contributed by atoms with Crippen LogP contribution in [-0.2, 0) is 23.2 Å². The SMILES string of the molecule is C=CS(=O)Cc1cnc(C)c(O)c1CO. The lowest BCUT2D eigenvalue weighted by Gasteiger charge is -2.09. The summed E-state index contributed by atoms with van der Waals surface area (Å²) in [5.74, 6) is 0.177. The Hall–Kier alpha value is -1.20. The molecule has 0 saturated carbocycles. The smallest absolute Gasteiger partial charge is 0.142 e. The van der Waals surface area contributed by atoms with Crippen LogP contribution in [-0.4, -0.2) is 19.4 Å². The van der Waals surface area contributed by atoms with Crippen molar-refractivity contribution in [3.8, 4) is 5.75 Å². The van der Waals surface area contributed by atoms with Gasteiger partial charge in [-0.1, -0.05) is 6.58 Å². The van der Waals surface area contributed by atoms with Crippen LogP contribution in [0, 0.1) is 6.92 Å². The molecule has 0 saturated heterocycles. The summed E-state index contributed by atoms with van der Waals surface area (Å²) in [4.78, 5) is 3.94. The zero-order valence-corrected chi connectivity index (χ0v) is 9.25. The number of rotatable bonds is 4. The quantitative estimate of drug-likeness (QED) is 0.804. The van der Waals surface area contributed by atoms with E-state index in [1.165, 1.54) is 11.6 Å². The van der Waals surface area contributed by atoms with Gasteiger partial charge in [0, 0.05) is 22.6 Å². The molecule has 0 aliphatic heterocycles. The van der Waals surface area contributed by atoms with Crippen molar-refractivity contribution >= 4 is 10.8 Å². The summed E-state index contributed by atoms with van der Waals surface area (Å²) in [5.41, 5.74) is 1.42. The Labute approximate surface area is 90.7 Å². The Morgan fingerprint density at radius 2 is 2.33 bits per heavy atom. The molecule has 0 amide bonds. The van der Waals surface area contributed by atoms with Crippen LogP contribution < -0.4 is 0 Å². The molecule has 1 unspecified atom stereocenters. The molecule has 15 heavy (non-hydrogen) atoms. The second kappa shape index (κ2) is 5.04. The first-order valence-electron chi connectivity index (χ1n) is 4.37. The lowest BCUT2D eigenvalue weighted by molar-refractivity contribution is 0.274. The molecule has 1 aromatic heterocycles. The monoisotopic (exact) mass is 227 g/mol. The van der Waals surface area contributed by atoms with Crippen molar-refractivity contribution in [1.29, 1.82) is 0 Å². The predicted molar refractivity (Wildman–Crippen MR) is 58.6 cm³/mol. The number of aromatic nitrogens is 1. The molecule has 0 bridgehead atoms. The van der Waals surface area contributed by atoms with Crippen LogP contribution in [0.4, 0.5) is 0 Å². The molecule has 0 aliphatic carbocycles. The van der Waals surface area contributed by atoms with E-state index in [9.17, 15) is 9.32 Å². The van der Waals surface area contributed by atoms with E-state index in [2.05, 4.69) is 11.6 Å². The minimum Gasteiger partial charge on any atom is -0.506 e. The lowest BCUT2D eigenvalue weighted by Crippen LogP contribution is -2.01. The van der Waals surface area contributed by atoms with E-state index in [0.717, 1.165) is 0 Å². The summed E-state index contributed by atoms with van der Waals surface area (Å²) in [7, 11) is -1.20.